The van der Waals surface area contributed by atoms with Gasteiger partial charge in [-0.05, 0) is 51.6 Å². The Morgan fingerprint density at radius 2 is 1.29 bits per heavy atom. The van der Waals surface area contributed by atoms with Crippen molar-refractivity contribution in [3.8, 4) is 11.1 Å². The molecule has 0 amide bonds. The summed E-state index contributed by atoms with van der Waals surface area (Å²) in [6.45, 7) is 0. The molecule has 1 aliphatic carbocycles. The highest BCUT2D eigenvalue weighted by molar-refractivity contribution is 7.99. The van der Waals surface area contributed by atoms with Gasteiger partial charge in [0.15, 0.2) is 0 Å². The molecule has 0 bridgehead atoms. The first-order valence-electron chi connectivity index (χ1n) is 8.26. The Labute approximate surface area is 146 Å². The maximum atomic E-state index is 2.26. The van der Waals surface area contributed by atoms with Crippen LogP contribution in [-0.4, -0.2) is 0 Å². The van der Waals surface area contributed by atoms with E-state index in [0.717, 1.165) is 6.42 Å². The summed E-state index contributed by atoms with van der Waals surface area (Å²) < 4.78 is 0. The summed E-state index contributed by atoms with van der Waals surface area (Å²) in [5.74, 6) is 0. The zero-order valence-electron chi connectivity index (χ0n) is 13.2. The van der Waals surface area contributed by atoms with Gasteiger partial charge in [-0.25, -0.2) is 0 Å². The Kier molecular flexibility index (Phi) is 3.20. The molecule has 0 spiro atoms. The first kappa shape index (κ1) is 13.9. The monoisotopic (exact) mass is 324 g/mol. The third-order valence-corrected chi connectivity index (χ3v) is 5.96. The van der Waals surface area contributed by atoms with Crippen LogP contribution in [0.3, 0.4) is 0 Å². The van der Waals surface area contributed by atoms with E-state index in [2.05, 4.69) is 84.9 Å². The second-order valence-corrected chi connectivity index (χ2v) is 7.28. The van der Waals surface area contributed by atoms with Crippen molar-refractivity contribution >= 4 is 22.5 Å². The molecule has 1 aliphatic rings. The van der Waals surface area contributed by atoms with Gasteiger partial charge < -0.3 is 0 Å². The van der Waals surface area contributed by atoms with Gasteiger partial charge >= 0.3 is 0 Å². The summed E-state index contributed by atoms with van der Waals surface area (Å²) in [6, 6.07) is 30.7. The Morgan fingerprint density at radius 3 is 2.29 bits per heavy atom. The molecule has 0 heterocycles. The summed E-state index contributed by atoms with van der Waals surface area (Å²) in [5, 5.41) is 2.64. The number of fused-ring (bicyclic) bond motifs is 4. The standard InChI is InChI=1S/C23H16S/c1-4-11-19-16(7-1)9-5-13-22(19)24-23-14-6-12-20-18-10-3-2-8-17(18)15-21(20)23/h1-14H,15H2. The van der Waals surface area contributed by atoms with E-state index in [9.17, 15) is 0 Å². The van der Waals surface area contributed by atoms with Crippen LogP contribution in [0, 0.1) is 0 Å². The van der Waals surface area contributed by atoms with Crippen LogP contribution >= 0.6 is 11.8 Å². The molecule has 0 nitrogen and oxygen atoms in total. The lowest BCUT2D eigenvalue weighted by Gasteiger charge is -2.10. The first-order valence-corrected chi connectivity index (χ1v) is 9.07. The first-order chi connectivity index (χ1) is 11.9. The Balaban J connectivity index is 1.62. The average molecular weight is 324 g/mol. The highest BCUT2D eigenvalue weighted by Gasteiger charge is 2.20. The molecule has 4 aromatic rings. The second kappa shape index (κ2) is 5.54. The molecule has 0 aliphatic heterocycles. The molecule has 0 aromatic heterocycles. The smallest absolute Gasteiger partial charge is 0.0200 e. The van der Waals surface area contributed by atoms with Crippen molar-refractivity contribution in [1.82, 2.24) is 0 Å². The molecule has 0 saturated carbocycles. The highest BCUT2D eigenvalue weighted by atomic mass is 32.2. The number of benzene rings is 4. The summed E-state index contributed by atoms with van der Waals surface area (Å²) >= 11 is 1.89. The minimum absolute atomic E-state index is 1.04. The molecular weight excluding hydrogens is 308 g/mol. The molecule has 1 heteroatoms. The number of rotatable bonds is 2. The van der Waals surface area contributed by atoms with Crippen molar-refractivity contribution in [3.05, 3.63) is 96.1 Å². The van der Waals surface area contributed by atoms with E-state index in [1.165, 1.54) is 42.8 Å². The van der Waals surface area contributed by atoms with Gasteiger partial charge in [-0.3, -0.25) is 0 Å². The molecule has 0 fully saturated rings. The Hall–Kier alpha value is -2.51. The van der Waals surface area contributed by atoms with Gasteiger partial charge in [0.25, 0.3) is 0 Å². The molecule has 5 rings (SSSR count). The fraction of sp³-hybridized carbons (Fsp3) is 0.0435. The van der Waals surface area contributed by atoms with Crippen LogP contribution in [0.15, 0.2) is 94.7 Å². The molecule has 0 unspecified atom stereocenters. The predicted octanol–water partition coefficient (Wildman–Crippen LogP) is 6.56. The van der Waals surface area contributed by atoms with E-state index in [-0.39, 0.29) is 0 Å². The van der Waals surface area contributed by atoms with Gasteiger partial charge in [0.1, 0.15) is 0 Å². The van der Waals surface area contributed by atoms with E-state index in [1.807, 2.05) is 11.8 Å². The Morgan fingerprint density at radius 1 is 0.583 bits per heavy atom. The van der Waals surface area contributed by atoms with Crippen LogP contribution in [-0.2, 0) is 6.42 Å². The molecule has 0 saturated heterocycles. The fourth-order valence-corrected chi connectivity index (χ4v) is 4.76. The minimum atomic E-state index is 1.04. The van der Waals surface area contributed by atoms with E-state index in [0.29, 0.717) is 0 Å². The predicted molar refractivity (Wildman–Crippen MR) is 103 cm³/mol. The molecule has 0 atom stereocenters. The molecule has 0 radical (unpaired) electrons. The van der Waals surface area contributed by atoms with Gasteiger partial charge in [-0.15, -0.1) is 0 Å². The molecule has 24 heavy (non-hydrogen) atoms. The molecule has 4 aromatic carbocycles. The SMILES string of the molecule is c1ccc2c(c1)Cc1c(Sc3cccc4ccccc34)cccc1-2. The van der Waals surface area contributed by atoms with Crippen molar-refractivity contribution < 1.29 is 0 Å². The zero-order valence-corrected chi connectivity index (χ0v) is 14.0. The minimum Gasteiger partial charge on any atom is -0.0891 e. The summed E-state index contributed by atoms with van der Waals surface area (Å²) in [6.07, 6.45) is 1.04. The van der Waals surface area contributed by atoms with Crippen LogP contribution < -0.4 is 0 Å². The maximum Gasteiger partial charge on any atom is 0.0200 e. The average Bonchev–Trinajstić information content (AvgIpc) is 3.02. The summed E-state index contributed by atoms with van der Waals surface area (Å²) in [4.78, 5) is 2.71. The van der Waals surface area contributed by atoms with Crippen LogP contribution in [0.4, 0.5) is 0 Å². The lowest BCUT2D eigenvalue weighted by molar-refractivity contribution is 1.18. The van der Waals surface area contributed by atoms with Gasteiger partial charge in [-0.1, -0.05) is 84.6 Å². The van der Waals surface area contributed by atoms with Crippen molar-refractivity contribution in [2.24, 2.45) is 0 Å². The normalized spacial score (nSPS) is 12.2. The van der Waals surface area contributed by atoms with Crippen LogP contribution in [0.5, 0.6) is 0 Å². The van der Waals surface area contributed by atoms with E-state index in [1.54, 1.807) is 0 Å². The molecule has 0 N–H and O–H groups in total. The number of hydrogen-bond donors (Lipinski definition) is 0. The second-order valence-electron chi connectivity index (χ2n) is 6.20. The van der Waals surface area contributed by atoms with Gasteiger partial charge in [0.05, 0.1) is 0 Å². The van der Waals surface area contributed by atoms with E-state index in [4.69, 9.17) is 0 Å². The van der Waals surface area contributed by atoms with Crippen molar-refractivity contribution in [1.29, 1.82) is 0 Å². The van der Waals surface area contributed by atoms with Crippen molar-refractivity contribution in [2.45, 2.75) is 16.2 Å². The molecule has 114 valence electrons. The third-order valence-electron chi connectivity index (χ3n) is 4.78. The van der Waals surface area contributed by atoms with Gasteiger partial charge in [0.2, 0.25) is 0 Å². The zero-order chi connectivity index (χ0) is 15.9. The van der Waals surface area contributed by atoms with Crippen molar-refractivity contribution in [3.63, 3.8) is 0 Å². The third kappa shape index (κ3) is 2.16. The maximum absolute atomic E-state index is 2.26. The summed E-state index contributed by atoms with van der Waals surface area (Å²) in [5.41, 5.74) is 5.71. The van der Waals surface area contributed by atoms with Crippen LogP contribution in [0.2, 0.25) is 0 Å². The topological polar surface area (TPSA) is 0 Å². The lowest BCUT2D eigenvalue weighted by atomic mass is 10.1. The van der Waals surface area contributed by atoms with Crippen LogP contribution in [0.1, 0.15) is 11.1 Å². The molecular formula is C23H16S. The summed E-state index contributed by atoms with van der Waals surface area (Å²) in [7, 11) is 0. The van der Waals surface area contributed by atoms with Crippen molar-refractivity contribution in [2.75, 3.05) is 0 Å². The fourth-order valence-electron chi connectivity index (χ4n) is 3.63. The lowest BCUT2D eigenvalue weighted by Crippen LogP contribution is -1.86. The quantitative estimate of drug-likeness (QED) is 0.354. The number of hydrogen-bond acceptors (Lipinski definition) is 1. The highest BCUT2D eigenvalue weighted by Crippen LogP contribution is 2.43. The van der Waals surface area contributed by atoms with E-state index >= 15 is 0 Å². The largest absolute Gasteiger partial charge is 0.0891 e. The van der Waals surface area contributed by atoms with Gasteiger partial charge in [-0.2, -0.15) is 0 Å². The van der Waals surface area contributed by atoms with E-state index < -0.39 is 0 Å². The Bertz CT molecular complexity index is 1060. The van der Waals surface area contributed by atoms with Crippen LogP contribution in [0.25, 0.3) is 21.9 Å². The van der Waals surface area contributed by atoms with Gasteiger partial charge in [0, 0.05) is 9.79 Å².